The molecule has 0 aliphatic carbocycles. The minimum Gasteiger partial charge on any atom is -0.280 e. The zero-order chi connectivity index (χ0) is 16.3. The standard InChI is InChI=1S/C16H17ClFNO2S/c1-3-11(2)12-4-7-14(8-5-12)22(20,21)19-13-6-9-16(18)15(17)10-13/h4-11,19H,3H2,1-2H3. The van der Waals surface area contributed by atoms with Crippen molar-refractivity contribution < 1.29 is 12.8 Å². The summed E-state index contributed by atoms with van der Waals surface area (Å²) in [6.45, 7) is 4.16. The molecule has 0 saturated carbocycles. The first-order chi connectivity index (χ1) is 10.3. The van der Waals surface area contributed by atoms with Crippen molar-refractivity contribution in [1.29, 1.82) is 0 Å². The van der Waals surface area contributed by atoms with Gasteiger partial charge in [0.1, 0.15) is 5.82 Å². The molecule has 1 atom stereocenters. The van der Waals surface area contributed by atoms with Crippen LogP contribution in [0, 0.1) is 5.82 Å². The molecular formula is C16H17ClFNO2S. The maximum absolute atomic E-state index is 13.1. The van der Waals surface area contributed by atoms with Crippen LogP contribution in [0.1, 0.15) is 31.7 Å². The number of hydrogen-bond acceptors (Lipinski definition) is 2. The number of rotatable bonds is 5. The molecule has 22 heavy (non-hydrogen) atoms. The molecule has 6 heteroatoms. The minimum absolute atomic E-state index is 0.132. The predicted molar refractivity (Wildman–Crippen MR) is 87.4 cm³/mol. The van der Waals surface area contributed by atoms with E-state index in [-0.39, 0.29) is 15.6 Å². The highest BCUT2D eigenvalue weighted by Gasteiger charge is 2.15. The fourth-order valence-electron chi connectivity index (χ4n) is 1.98. The van der Waals surface area contributed by atoms with Crippen LogP contribution in [0.4, 0.5) is 10.1 Å². The fourth-order valence-corrected chi connectivity index (χ4v) is 3.21. The SMILES string of the molecule is CCC(C)c1ccc(S(=O)(=O)Nc2ccc(F)c(Cl)c2)cc1. The molecule has 2 aromatic carbocycles. The normalized spacial score (nSPS) is 12.9. The van der Waals surface area contributed by atoms with Gasteiger partial charge < -0.3 is 0 Å². The van der Waals surface area contributed by atoms with Crippen LogP contribution in [-0.2, 0) is 10.0 Å². The first-order valence-electron chi connectivity index (χ1n) is 6.91. The van der Waals surface area contributed by atoms with Crippen molar-refractivity contribution in [2.75, 3.05) is 4.72 Å². The highest BCUT2D eigenvalue weighted by Crippen LogP contribution is 2.24. The number of sulfonamides is 1. The molecule has 118 valence electrons. The first-order valence-corrected chi connectivity index (χ1v) is 8.77. The van der Waals surface area contributed by atoms with Crippen LogP contribution < -0.4 is 4.72 Å². The fraction of sp³-hybridized carbons (Fsp3) is 0.250. The predicted octanol–water partition coefficient (Wildman–Crippen LogP) is 4.79. The van der Waals surface area contributed by atoms with Gasteiger partial charge in [-0.3, -0.25) is 4.72 Å². The lowest BCUT2D eigenvalue weighted by Gasteiger charge is -2.11. The number of hydrogen-bond donors (Lipinski definition) is 1. The van der Waals surface area contributed by atoms with Crippen molar-refractivity contribution in [2.24, 2.45) is 0 Å². The number of benzene rings is 2. The molecule has 0 aliphatic rings. The topological polar surface area (TPSA) is 46.2 Å². The Hall–Kier alpha value is -1.59. The van der Waals surface area contributed by atoms with Gasteiger partial charge in [0.15, 0.2) is 0 Å². The molecule has 0 amide bonds. The molecule has 3 nitrogen and oxygen atoms in total. The summed E-state index contributed by atoms with van der Waals surface area (Å²) in [5, 5.41) is -0.132. The van der Waals surface area contributed by atoms with Gasteiger partial charge in [-0.25, -0.2) is 12.8 Å². The quantitative estimate of drug-likeness (QED) is 0.849. The summed E-state index contributed by atoms with van der Waals surface area (Å²) in [6, 6.07) is 10.4. The number of halogens is 2. The van der Waals surface area contributed by atoms with Gasteiger partial charge in [0.05, 0.1) is 15.6 Å². The summed E-state index contributed by atoms with van der Waals surface area (Å²) in [4.78, 5) is 0.153. The van der Waals surface area contributed by atoms with E-state index in [1.54, 1.807) is 24.3 Å². The monoisotopic (exact) mass is 341 g/mol. The zero-order valence-electron chi connectivity index (χ0n) is 12.3. The largest absolute Gasteiger partial charge is 0.280 e. The van der Waals surface area contributed by atoms with Crippen LogP contribution in [0.25, 0.3) is 0 Å². The molecule has 0 saturated heterocycles. The average Bonchev–Trinajstić information content (AvgIpc) is 2.50. The van der Waals surface area contributed by atoms with Crippen LogP contribution >= 0.6 is 11.6 Å². The molecule has 0 radical (unpaired) electrons. The average molecular weight is 342 g/mol. The van der Waals surface area contributed by atoms with Crippen LogP contribution in [0.2, 0.25) is 5.02 Å². The van der Waals surface area contributed by atoms with Gasteiger partial charge in [-0.2, -0.15) is 0 Å². The van der Waals surface area contributed by atoms with Crippen LogP contribution in [0.15, 0.2) is 47.4 Å². The summed E-state index contributed by atoms with van der Waals surface area (Å²) < 4.78 is 40.1. The van der Waals surface area contributed by atoms with Crippen molar-refractivity contribution in [3.8, 4) is 0 Å². The summed E-state index contributed by atoms with van der Waals surface area (Å²) in [5.74, 6) is -0.219. The second kappa shape index (κ2) is 6.67. The highest BCUT2D eigenvalue weighted by molar-refractivity contribution is 7.92. The Labute approximate surface area is 135 Å². The summed E-state index contributed by atoms with van der Waals surface area (Å²) >= 11 is 5.65. The van der Waals surface area contributed by atoms with E-state index in [4.69, 9.17) is 11.6 Å². The van der Waals surface area contributed by atoms with Crippen molar-refractivity contribution in [2.45, 2.75) is 31.1 Å². The lowest BCUT2D eigenvalue weighted by atomic mass is 9.99. The second-order valence-electron chi connectivity index (χ2n) is 5.11. The third-order valence-corrected chi connectivity index (χ3v) is 5.23. The van der Waals surface area contributed by atoms with Crippen LogP contribution in [-0.4, -0.2) is 8.42 Å². The van der Waals surface area contributed by atoms with Gasteiger partial charge in [-0.1, -0.05) is 37.6 Å². The van der Waals surface area contributed by atoms with Gasteiger partial charge in [0, 0.05) is 0 Å². The van der Waals surface area contributed by atoms with Crippen molar-refractivity contribution in [3.63, 3.8) is 0 Å². The molecular weight excluding hydrogens is 325 g/mol. The maximum Gasteiger partial charge on any atom is 0.261 e. The van der Waals surface area contributed by atoms with Gasteiger partial charge in [-0.05, 0) is 48.2 Å². The molecule has 0 spiro atoms. The van der Waals surface area contributed by atoms with Crippen molar-refractivity contribution in [3.05, 3.63) is 58.9 Å². The lowest BCUT2D eigenvalue weighted by Crippen LogP contribution is -2.13. The van der Waals surface area contributed by atoms with E-state index in [0.717, 1.165) is 18.1 Å². The van der Waals surface area contributed by atoms with Gasteiger partial charge in [0.25, 0.3) is 10.0 Å². The molecule has 0 aliphatic heterocycles. The molecule has 1 N–H and O–H groups in total. The smallest absolute Gasteiger partial charge is 0.261 e. The van der Waals surface area contributed by atoms with Gasteiger partial charge >= 0.3 is 0 Å². The Balaban J connectivity index is 2.24. The maximum atomic E-state index is 13.1. The van der Waals surface area contributed by atoms with E-state index in [0.29, 0.717) is 5.92 Å². The molecule has 1 unspecified atom stereocenters. The Bertz CT molecular complexity index is 760. The zero-order valence-corrected chi connectivity index (χ0v) is 13.9. The first kappa shape index (κ1) is 16.8. The van der Waals surface area contributed by atoms with Crippen molar-refractivity contribution in [1.82, 2.24) is 0 Å². The van der Waals surface area contributed by atoms with Crippen LogP contribution in [0.5, 0.6) is 0 Å². The Kier molecular flexibility index (Phi) is 5.08. The molecule has 2 aromatic rings. The van der Waals surface area contributed by atoms with Crippen LogP contribution in [0.3, 0.4) is 0 Å². The molecule has 0 heterocycles. The Morgan fingerprint density at radius 3 is 2.36 bits per heavy atom. The highest BCUT2D eigenvalue weighted by atomic mass is 35.5. The number of nitrogens with one attached hydrogen (secondary N) is 1. The van der Waals surface area contributed by atoms with E-state index in [2.05, 4.69) is 18.6 Å². The lowest BCUT2D eigenvalue weighted by molar-refractivity contribution is 0.601. The van der Waals surface area contributed by atoms with E-state index >= 15 is 0 Å². The summed E-state index contributed by atoms with van der Waals surface area (Å²) in [6.07, 6.45) is 0.985. The number of anilines is 1. The summed E-state index contributed by atoms with van der Waals surface area (Å²) in [7, 11) is -3.72. The minimum atomic E-state index is -3.72. The third-order valence-electron chi connectivity index (χ3n) is 3.54. The van der Waals surface area contributed by atoms with E-state index in [1.165, 1.54) is 12.1 Å². The van der Waals surface area contributed by atoms with Gasteiger partial charge in [0.2, 0.25) is 0 Å². The van der Waals surface area contributed by atoms with Crippen molar-refractivity contribution >= 4 is 27.3 Å². The van der Waals surface area contributed by atoms with E-state index < -0.39 is 15.8 Å². The van der Waals surface area contributed by atoms with E-state index in [9.17, 15) is 12.8 Å². The van der Waals surface area contributed by atoms with Gasteiger partial charge in [-0.15, -0.1) is 0 Å². The Morgan fingerprint density at radius 1 is 1.18 bits per heavy atom. The third kappa shape index (κ3) is 3.78. The second-order valence-corrected chi connectivity index (χ2v) is 7.20. The van der Waals surface area contributed by atoms with E-state index in [1.807, 2.05) is 0 Å². The molecule has 0 fully saturated rings. The molecule has 0 aromatic heterocycles. The molecule has 2 rings (SSSR count). The Morgan fingerprint density at radius 2 is 1.82 bits per heavy atom. The summed E-state index contributed by atoms with van der Waals surface area (Å²) in [5.41, 5.74) is 1.31. The molecule has 0 bridgehead atoms.